The molecule has 18 heavy (non-hydrogen) atoms. The van der Waals surface area contributed by atoms with Gasteiger partial charge in [0.25, 0.3) is 0 Å². The monoisotopic (exact) mass is 273 g/mol. The number of amides is 2. The van der Waals surface area contributed by atoms with Crippen molar-refractivity contribution in [2.45, 2.75) is 46.6 Å². The minimum atomic E-state index is -0.905. The number of nitrogens with two attached hydrogens (primary N) is 2. The van der Waals surface area contributed by atoms with Gasteiger partial charge in [0.2, 0.25) is 11.8 Å². The summed E-state index contributed by atoms with van der Waals surface area (Å²) in [6.07, 6.45) is 0.989. The van der Waals surface area contributed by atoms with E-state index in [0.29, 0.717) is 12.8 Å². The number of rotatable bonds is 7. The van der Waals surface area contributed by atoms with Crippen molar-refractivity contribution in [1.82, 2.24) is 5.32 Å². The molecule has 1 unspecified atom stereocenters. The van der Waals surface area contributed by atoms with E-state index in [-0.39, 0.29) is 16.8 Å². The maximum Gasteiger partial charge on any atom is 0.240 e. The maximum atomic E-state index is 12.3. The van der Waals surface area contributed by atoms with Crippen molar-refractivity contribution in [3.05, 3.63) is 0 Å². The minimum Gasteiger partial charge on any atom is -0.392 e. The van der Waals surface area contributed by atoms with Crippen LogP contribution in [0.5, 0.6) is 0 Å². The van der Waals surface area contributed by atoms with Crippen LogP contribution in [0.25, 0.3) is 0 Å². The molecule has 0 aliphatic heterocycles. The van der Waals surface area contributed by atoms with Gasteiger partial charge in [-0.25, -0.2) is 0 Å². The third-order valence-corrected chi connectivity index (χ3v) is 3.76. The van der Waals surface area contributed by atoms with Crippen LogP contribution >= 0.6 is 12.2 Å². The highest BCUT2D eigenvalue weighted by Crippen LogP contribution is 2.27. The smallest absolute Gasteiger partial charge is 0.240 e. The highest BCUT2D eigenvalue weighted by atomic mass is 32.1. The molecule has 0 aromatic rings. The van der Waals surface area contributed by atoms with Gasteiger partial charge in [-0.2, -0.15) is 0 Å². The number of primary amides is 1. The van der Waals surface area contributed by atoms with Gasteiger partial charge in [-0.05, 0) is 18.8 Å². The van der Waals surface area contributed by atoms with E-state index in [1.54, 1.807) is 0 Å². The van der Waals surface area contributed by atoms with Crippen LogP contribution in [0.1, 0.15) is 40.5 Å². The Bertz CT molecular complexity index is 338. The summed E-state index contributed by atoms with van der Waals surface area (Å²) < 4.78 is 0. The molecule has 0 bridgehead atoms. The molecule has 2 amide bonds. The first-order chi connectivity index (χ1) is 8.22. The Morgan fingerprint density at radius 2 is 1.67 bits per heavy atom. The van der Waals surface area contributed by atoms with E-state index < -0.39 is 17.4 Å². The zero-order chi connectivity index (χ0) is 14.5. The first-order valence-electron chi connectivity index (χ1n) is 6.13. The fraction of sp³-hybridized carbons (Fsp3) is 0.750. The summed E-state index contributed by atoms with van der Waals surface area (Å²) in [6, 6.07) is -0.704. The van der Waals surface area contributed by atoms with E-state index in [1.165, 1.54) is 0 Å². The van der Waals surface area contributed by atoms with Gasteiger partial charge in [0.15, 0.2) is 0 Å². The summed E-state index contributed by atoms with van der Waals surface area (Å²) in [6.45, 7) is 7.32. The third-order valence-electron chi connectivity index (χ3n) is 3.37. The Kier molecular flexibility index (Phi) is 6.25. The van der Waals surface area contributed by atoms with Crippen LogP contribution in [0.15, 0.2) is 0 Å². The Morgan fingerprint density at radius 3 is 1.89 bits per heavy atom. The van der Waals surface area contributed by atoms with Crippen LogP contribution in [-0.4, -0.2) is 22.8 Å². The van der Waals surface area contributed by atoms with Gasteiger partial charge in [-0.1, -0.05) is 39.9 Å². The van der Waals surface area contributed by atoms with Crippen LogP contribution in [0.3, 0.4) is 0 Å². The van der Waals surface area contributed by atoms with E-state index in [1.807, 2.05) is 27.7 Å². The number of hydrogen-bond acceptors (Lipinski definition) is 3. The van der Waals surface area contributed by atoms with Crippen LogP contribution in [0.2, 0.25) is 0 Å². The zero-order valence-electron chi connectivity index (χ0n) is 11.4. The molecule has 0 aromatic carbocycles. The second-order valence-corrected chi connectivity index (χ2v) is 5.19. The minimum absolute atomic E-state index is 0.0794. The van der Waals surface area contributed by atoms with Crippen molar-refractivity contribution < 1.29 is 9.59 Å². The van der Waals surface area contributed by atoms with Gasteiger partial charge in [0.05, 0.1) is 10.4 Å². The molecule has 0 heterocycles. The molecule has 0 rings (SSSR count). The number of carbonyl (C=O) groups is 2. The second kappa shape index (κ2) is 6.68. The average molecular weight is 273 g/mol. The van der Waals surface area contributed by atoms with Crippen molar-refractivity contribution in [3.63, 3.8) is 0 Å². The van der Waals surface area contributed by atoms with Crippen molar-refractivity contribution in [2.75, 3.05) is 0 Å². The molecular formula is C12H23N3O2S. The largest absolute Gasteiger partial charge is 0.392 e. The molecular weight excluding hydrogens is 250 g/mol. The lowest BCUT2D eigenvalue weighted by atomic mass is 9.80. The predicted octanol–water partition coefficient (Wildman–Crippen LogP) is 0.705. The number of carbonyl (C=O) groups excluding carboxylic acids is 2. The summed E-state index contributed by atoms with van der Waals surface area (Å²) >= 11 is 4.99. The van der Waals surface area contributed by atoms with Crippen molar-refractivity contribution in [3.8, 4) is 0 Å². The van der Waals surface area contributed by atoms with Gasteiger partial charge >= 0.3 is 0 Å². The SMILES string of the molecule is CCC(CC)(C(=O)NC(C(N)=O)C(C)C)C(N)=S. The first kappa shape index (κ1) is 16.8. The maximum absolute atomic E-state index is 12.3. The van der Waals surface area contributed by atoms with E-state index in [9.17, 15) is 9.59 Å². The van der Waals surface area contributed by atoms with E-state index in [4.69, 9.17) is 23.7 Å². The molecule has 1 atom stereocenters. The molecule has 0 aliphatic carbocycles. The van der Waals surface area contributed by atoms with E-state index in [2.05, 4.69) is 5.32 Å². The first-order valence-corrected chi connectivity index (χ1v) is 6.53. The van der Waals surface area contributed by atoms with Crippen molar-refractivity contribution in [2.24, 2.45) is 22.8 Å². The molecule has 6 heteroatoms. The fourth-order valence-corrected chi connectivity index (χ4v) is 2.26. The van der Waals surface area contributed by atoms with Crippen LogP contribution in [0, 0.1) is 11.3 Å². The lowest BCUT2D eigenvalue weighted by molar-refractivity contribution is -0.132. The van der Waals surface area contributed by atoms with Crippen LogP contribution < -0.4 is 16.8 Å². The Hall–Kier alpha value is -1.17. The highest BCUT2D eigenvalue weighted by Gasteiger charge is 2.39. The molecule has 0 aromatic heterocycles. The van der Waals surface area contributed by atoms with Gasteiger partial charge in [0.1, 0.15) is 6.04 Å². The standard InChI is InChI=1S/C12H23N3O2S/c1-5-12(6-2,10(14)18)11(17)15-8(7(3)4)9(13)16/h7-8H,5-6H2,1-4H3,(H2,13,16)(H2,14,18)(H,15,17). The molecule has 0 spiro atoms. The number of hydrogen-bond donors (Lipinski definition) is 3. The van der Waals surface area contributed by atoms with Gasteiger partial charge in [-0.3, -0.25) is 9.59 Å². The lowest BCUT2D eigenvalue weighted by Crippen LogP contribution is -2.55. The molecule has 104 valence electrons. The average Bonchev–Trinajstić information content (AvgIpc) is 2.26. The van der Waals surface area contributed by atoms with Crippen molar-refractivity contribution in [1.29, 1.82) is 0 Å². The zero-order valence-corrected chi connectivity index (χ0v) is 12.3. The van der Waals surface area contributed by atoms with Gasteiger partial charge in [0, 0.05) is 0 Å². The molecule has 5 N–H and O–H groups in total. The Morgan fingerprint density at radius 1 is 1.22 bits per heavy atom. The summed E-state index contributed by atoms with van der Waals surface area (Å²) in [7, 11) is 0. The van der Waals surface area contributed by atoms with Crippen molar-refractivity contribution >= 4 is 29.0 Å². The summed E-state index contributed by atoms with van der Waals surface area (Å²) in [5, 5.41) is 2.66. The predicted molar refractivity (Wildman–Crippen MR) is 75.8 cm³/mol. The third kappa shape index (κ3) is 3.41. The second-order valence-electron chi connectivity index (χ2n) is 4.75. The molecule has 0 saturated carbocycles. The molecule has 0 radical (unpaired) electrons. The number of thiocarbonyl (C=S) groups is 1. The number of nitrogens with one attached hydrogen (secondary N) is 1. The van der Waals surface area contributed by atoms with Gasteiger partial charge in [-0.15, -0.1) is 0 Å². The van der Waals surface area contributed by atoms with Gasteiger partial charge < -0.3 is 16.8 Å². The highest BCUT2D eigenvalue weighted by molar-refractivity contribution is 7.80. The summed E-state index contributed by atoms with van der Waals surface area (Å²) in [4.78, 5) is 23.7. The van der Waals surface area contributed by atoms with E-state index in [0.717, 1.165) is 0 Å². The topological polar surface area (TPSA) is 98.2 Å². The van der Waals surface area contributed by atoms with E-state index >= 15 is 0 Å². The summed E-state index contributed by atoms with van der Waals surface area (Å²) in [5.74, 6) is -0.955. The fourth-order valence-electron chi connectivity index (χ4n) is 1.88. The molecule has 5 nitrogen and oxygen atoms in total. The Labute approximate surface area is 114 Å². The molecule has 0 saturated heterocycles. The summed E-state index contributed by atoms with van der Waals surface area (Å²) in [5.41, 5.74) is 10.0. The molecule has 0 fully saturated rings. The quantitative estimate of drug-likeness (QED) is 0.595. The van der Waals surface area contributed by atoms with Crippen LogP contribution in [-0.2, 0) is 9.59 Å². The Balaban J connectivity index is 5.13. The lowest BCUT2D eigenvalue weighted by Gasteiger charge is -2.31. The normalized spacial score (nSPS) is 13.2. The van der Waals surface area contributed by atoms with Crippen LogP contribution in [0.4, 0.5) is 0 Å². The molecule has 0 aliphatic rings.